The number of carbonyl (C=O) groups excluding carboxylic acids is 3. The first-order chi connectivity index (χ1) is 9.92. The van der Waals surface area contributed by atoms with Crippen molar-refractivity contribution in [1.29, 1.82) is 0 Å². The second-order valence-electron chi connectivity index (χ2n) is 4.67. The Hall–Kier alpha value is -1.73. The van der Waals surface area contributed by atoms with Crippen molar-refractivity contribution in [2.45, 2.75) is 17.5 Å². The van der Waals surface area contributed by atoms with Gasteiger partial charge in [-0.15, -0.1) is 0 Å². The van der Waals surface area contributed by atoms with E-state index in [0.717, 1.165) is 10.5 Å². The molecule has 1 aromatic carbocycles. The second-order valence-corrected chi connectivity index (χ2v) is 5.59. The molecule has 1 N–H and O–H groups in total. The summed E-state index contributed by atoms with van der Waals surface area (Å²) >= 11 is 3.41. The summed E-state index contributed by atoms with van der Waals surface area (Å²) in [5.41, 5.74) is -0.902. The highest BCUT2D eigenvalue weighted by Crippen LogP contribution is 2.37. The molecule has 0 saturated carbocycles. The van der Waals surface area contributed by atoms with Gasteiger partial charge in [-0.25, -0.2) is 0 Å². The van der Waals surface area contributed by atoms with Gasteiger partial charge in [0.2, 0.25) is 17.5 Å². The molecule has 1 saturated heterocycles. The zero-order chi connectivity index (χ0) is 15.6. The van der Waals surface area contributed by atoms with Gasteiger partial charge in [-0.1, -0.05) is 46.3 Å². The Morgan fingerprint density at radius 1 is 1.38 bits per heavy atom. The van der Waals surface area contributed by atoms with Gasteiger partial charge in [0.15, 0.2) is 0 Å². The van der Waals surface area contributed by atoms with Crippen molar-refractivity contribution < 1.29 is 19.1 Å². The van der Waals surface area contributed by atoms with Crippen molar-refractivity contribution in [3.8, 4) is 0 Å². The normalized spacial score (nSPS) is 23.7. The third kappa shape index (κ3) is 2.71. The minimum atomic E-state index is -1.65. The molecule has 1 heterocycles. The number of methoxy groups -OCH3 is 1. The van der Waals surface area contributed by atoms with E-state index in [1.807, 2.05) is 18.2 Å². The van der Waals surface area contributed by atoms with E-state index in [1.165, 1.54) is 14.0 Å². The lowest BCUT2D eigenvalue weighted by Crippen LogP contribution is -2.69. The van der Waals surface area contributed by atoms with Gasteiger partial charge >= 0.3 is 0 Å². The summed E-state index contributed by atoms with van der Waals surface area (Å²) in [6.07, 6.45) is 0. The zero-order valence-corrected chi connectivity index (χ0v) is 13.2. The van der Waals surface area contributed by atoms with Crippen LogP contribution in [0.25, 0.3) is 0 Å². The molecule has 0 aliphatic carbocycles. The molecule has 1 aliphatic heterocycles. The number of hydrogen-bond acceptors (Lipinski definition) is 4. The smallest absolute Gasteiger partial charge is 0.284 e. The van der Waals surface area contributed by atoms with E-state index in [2.05, 4.69) is 21.2 Å². The van der Waals surface area contributed by atoms with E-state index < -0.39 is 28.3 Å². The number of nitrogens with one attached hydrogen (secondary N) is 1. The first kappa shape index (κ1) is 15.7. The Morgan fingerprint density at radius 3 is 2.52 bits per heavy atom. The zero-order valence-electron chi connectivity index (χ0n) is 11.6. The highest BCUT2D eigenvalue weighted by Gasteiger charge is 2.53. The summed E-state index contributed by atoms with van der Waals surface area (Å²) < 4.78 is 5.34. The lowest BCUT2D eigenvalue weighted by Gasteiger charge is -2.42. The molecule has 0 aromatic heterocycles. The standard InChI is InChI=1S/C14H15BrN2O4/c1-9(18)17-8-11(19)16-14(21-2,13(17)20)12(15)10-6-4-3-5-7-10/h3-7,12H,8H2,1-2H3,(H,16,19). The number of piperazine rings is 1. The van der Waals surface area contributed by atoms with Crippen LogP contribution in [0.5, 0.6) is 0 Å². The van der Waals surface area contributed by atoms with Gasteiger partial charge in [0.25, 0.3) is 5.91 Å². The number of carbonyl (C=O) groups is 3. The van der Waals surface area contributed by atoms with Gasteiger partial charge in [0.1, 0.15) is 6.54 Å². The number of benzene rings is 1. The summed E-state index contributed by atoms with van der Waals surface area (Å²) in [4.78, 5) is 36.3. The van der Waals surface area contributed by atoms with Crippen LogP contribution >= 0.6 is 15.9 Å². The predicted octanol–water partition coefficient (Wildman–Crippen LogP) is 0.970. The predicted molar refractivity (Wildman–Crippen MR) is 78.4 cm³/mol. The van der Waals surface area contributed by atoms with Gasteiger partial charge in [-0.05, 0) is 5.56 Å². The van der Waals surface area contributed by atoms with Crippen LogP contribution in [0.15, 0.2) is 30.3 Å². The van der Waals surface area contributed by atoms with E-state index >= 15 is 0 Å². The second kappa shape index (κ2) is 5.95. The topological polar surface area (TPSA) is 75.7 Å². The van der Waals surface area contributed by atoms with E-state index in [-0.39, 0.29) is 6.54 Å². The summed E-state index contributed by atoms with van der Waals surface area (Å²) in [6.45, 7) is 0.941. The van der Waals surface area contributed by atoms with Crippen LogP contribution in [0.1, 0.15) is 17.3 Å². The monoisotopic (exact) mass is 354 g/mol. The third-order valence-electron chi connectivity index (χ3n) is 3.34. The number of alkyl halides is 1. The number of ether oxygens (including phenoxy) is 1. The fraction of sp³-hybridized carbons (Fsp3) is 0.357. The first-order valence-electron chi connectivity index (χ1n) is 6.30. The molecule has 7 heteroatoms. The minimum absolute atomic E-state index is 0.298. The average Bonchev–Trinajstić information content (AvgIpc) is 2.49. The average molecular weight is 355 g/mol. The third-order valence-corrected chi connectivity index (χ3v) is 4.51. The molecule has 21 heavy (non-hydrogen) atoms. The van der Waals surface area contributed by atoms with Crippen LogP contribution in [0.2, 0.25) is 0 Å². The Balaban J connectivity index is 2.45. The number of nitrogens with zero attached hydrogens (tertiary/aromatic N) is 1. The minimum Gasteiger partial charge on any atom is -0.349 e. The molecule has 1 aliphatic rings. The first-order valence-corrected chi connectivity index (χ1v) is 7.21. The van der Waals surface area contributed by atoms with Crippen molar-refractivity contribution in [3.63, 3.8) is 0 Å². The molecule has 2 rings (SSSR count). The van der Waals surface area contributed by atoms with Crippen molar-refractivity contribution in [2.75, 3.05) is 13.7 Å². The Labute approximate surface area is 130 Å². The molecular weight excluding hydrogens is 340 g/mol. The molecule has 1 aromatic rings. The summed E-state index contributed by atoms with van der Waals surface area (Å²) in [6, 6.07) is 9.06. The Bertz CT molecular complexity index is 578. The molecular formula is C14H15BrN2O4. The van der Waals surface area contributed by atoms with Crippen LogP contribution in [0.3, 0.4) is 0 Å². The number of amides is 3. The van der Waals surface area contributed by atoms with Gasteiger partial charge < -0.3 is 10.1 Å². The van der Waals surface area contributed by atoms with E-state index in [1.54, 1.807) is 12.1 Å². The van der Waals surface area contributed by atoms with Crippen molar-refractivity contribution in [3.05, 3.63) is 35.9 Å². The number of rotatable bonds is 3. The van der Waals surface area contributed by atoms with Gasteiger partial charge in [0.05, 0.1) is 4.83 Å². The van der Waals surface area contributed by atoms with Gasteiger partial charge in [-0.2, -0.15) is 0 Å². The number of imide groups is 1. The van der Waals surface area contributed by atoms with Crippen LogP contribution in [-0.4, -0.2) is 42.0 Å². The van der Waals surface area contributed by atoms with E-state index in [9.17, 15) is 14.4 Å². The maximum Gasteiger partial charge on any atom is 0.284 e. The molecule has 1 fully saturated rings. The molecule has 0 bridgehead atoms. The SMILES string of the molecule is COC1(C(Br)c2ccccc2)NC(=O)CN(C(C)=O)C1=O. The Kier molecular flexibility index (Phi) is 4.43. The van der Waals surface area contributed by atoms with Crippen LogP contribution < -0.4 is 5.32 Å². The van der Waals surface area contributed by atoms with Crippen molar-refractivity contribution >= 4 is 33.7 Å². The van der Waals surface area contributed by atoms with Crippen LogP contribution in [-0.2, 0) is 19.1 Å². The summed E-state index contributed by atoms with van der Waals surface area (Å²) in [5.74, 6) is -1.54. The molecule has 2 unspecified atom stereocenters. The fourth-order valence-corrected chi connectivity index (χ4v) is 3.04. The maximum atomic E-state index is 12.6. The fourth-order valence-electron chi connectivity index (χ4n) is 2.24. The molecule has 112 valence electrons. The lowest BCUT2D eigenvalue weighted by atomic mass is 9.98. The summed E-state index contributed by atoms with van der Waals surface area (Å²) in [7, 11) is 1.32. The van der Waals surface area contributed by atoms with Crippen molar-refractivity contribution in [2.24, 2.45) is 0 Å². The van der Waals surface area contributed by atoms with Gasteiger partial charge in [0, 0.05) is 14.0 Å². The lowest BCUT2D eigenvalue weighted by molar-refractivity contribution is -0.175. The number of hydrogen-bond donors (Lipinski definition) is 1. The van der Waals surface area contributed by atoms with Crippen LogP contribution in [0.4, 0.5) is 0 Å². The van der Waals surface area contributed by atoms with Crippen molar-refractivity contribution in [1.82, 2.24) is 10.2 Å². The molecule has 2 atom stereocenters. The van der Waals surface area contributed by atoms with Gasteiger partial charge in [-0.3, -0.25) is 19.3 Å². The largest absolute Gasteiger partial charge is 0.349 e. The molecule has 6 nitrogen and oxygen atoms in total. The van der Waals surface area contributed by atoms with Crippen LogP contribution in [0, 0.1) is 0 Å². The Morgan fingerprint density at radius 2 is 2.00 bits per heavy atom. The highest BCUT2D eigenvalue weighted by atomic mass is 79.9. The quantitative estimate of drug-likeness (QED) is 0.820. The number of halogens is 1. The van der Waals surface area contributed by atoms with E-state index in [0.29, 0.717) is 0 Å². The molecule has 0 spiro atoms. The molecule has 0 radical (unpaired) electrons. The highest BCUT2D eigenvalue weighted by molar-refractivity contribution is 9.09. The summed E-state index contributed by atoms with van der Waals surface area (Å²) in [5, 5.41) is 2.56. The van der Waals surface area contributed by atoms with E-state index in [4.69, 9.17) is 4.74 Å². The molecule has 3 amide bonds. The maximum absolute atomic E-state index is 12.6.